The third kappa shape index (κ3) is 2.17. The highest BCUT2D eigenvalue weighted by Gasteiger charge is 2.10. The molecule has 0 radical (unpaired) electrons. The molecule has 82 valence electrons. The Morgan fingerprint density at radius 2 is 2.31 bits per heavy atom. The van der Waals surface area contributed by atoms with E-state index in [0.29, 0.717) is 10.6 Å². The number of benzene rings is 1. The van der Waals surface area contributed by atoms with Crippen molar-refractivity contribution in [2.45, 2.75) is 0 Å². The first-order valence-corrected chi connectivity index (χ1v) is 5.29. The van der Waals surface area contributed by atoms with E-state index in [1.165, 1.54) is 41.2 Å². The van der Waals surface area contributed by atoms with E-state index in [-0.39, 0.29) is 5.69 Å². The van der Waals surface area contributed by atoms with Gasteiger partial charge in [-0.1, -0.05) is 0 Å². The van der Waals surface area contributed by atoms with Crippen molar-refractivity contribution in [1.29, 1.82) is 0 Å². The number of hydrogen-bond donors (Lipinski definition) is 2. The summed E-state index contributed by atoms with van der Waals surface area (Å²) in [5.41, 5.74) is 7.48. The standard InChI is InChI=1S/C10H8FN3OS/c11-7-2-1-6(12)3-8(7)14-10(15)9-4-13-5-16-9/h1-5H,12H2,(H,14,15). The Morgan fingerprint density at radius 3 is 3.00 bits per heavy atom. The van der Waals surface area contributed by atoms with Crippen molar-refractivity contribution in [2.75, 3.05) is 11.1 Å². The quantitative estimate of drug-likeness (QED) is 0.786. The van der Waals surface area contributed by atoms with Crippen molar-refractivity contribution in [3.05, 3.63) is 40.6 Å². The van der Waals surface area contributed by atoms with Crippen molar-refractivity contribution in [1.82, 2.24) is 4.98 Å². The van der Waals surface area contributed by atoms with Crippen LogP contribution in [0.3, 0.4) is 0 Å². The molecule has 0 spiro atoms. The molecule has 1 amide bonds. The Bertz CT molecular complexity index is 513. The maximum absolute atomic E-state index is 13.3. The lowest BCUT2D eigenvalue weighted by Crippen LogP contribution is -2.11. The molecule has 0 atom stereocenters. The Kier molecular flexibility index (Phi) is 2.82. The summed E-state index contributed by atoms with van der Waals surface area (Å²) >= 11 is 1.18. The first kappa shape index (κ1) is 10.6. The summed E-state index contributed by atoms with van der Waals surface area (Å²) in [6, 6.07) is 4.00. The monoisotopic (exact) mass is 237 g/mol. The van der Waals surface area contributed by atoms with E-state index in [1.54, 1.807) is 0 Å². The fourth-order valence-electron chi connectivity index (χ4n) is 1.15. The number of halogens is 1. The van der Waals surface area contributed by atoms with Gasteiger partial charge in [-0.2, -0.15) is 0 Å². The molecule has 2 aromatic rings. The number of nitrogens with one attached hydrogen (secondary N) is 1. The molecule has 3 N–H and O–H groups in total. The Labute approximate surface area is 94.9 Å². The van der Waals surface area contributed by atoms with E-state index in [9.17, 15) is 9.18 Å². The molecule has 16 heavy (non-hydrogen) atoms. The van der Waals surface area contributed by atoms with Gasteiger partial charge in [-0.05, 0) is 18.2 Å². The highest BCUT2D eigenvalue weighted by molar-refractivity contribution is 7.11. The third-order valence-electron chi connectivity index (χ3n) is 1.89. The van der Waals surface area contributed by atoms with Crippen LogP contribution in [0.25, 0.3) is 0 Å². The number of anilines is 2. The molecule has 0 saturated heterocycles. The minimum absolute atomic E-state index is 0.0680. The number of carbonyl (C=O) groups excluding carboxylic acids is 1. The minimum atomic E-state index is -0.521. The number of amides is 1. The number of thiazole rings is 1. The maximum Gasteiger partial charge on any atom is 0.267 e. The molecule has 0 aliphatic carbocycles. The van der Waals surface area contributed by atoms with Crippen LogP contribution in [-0.4, -0.2) is 10.9 Å². The molecule has 1 heterocycles. The zero-order chi connectivity index (χ0) is 11.5. The van der Waals surface area contributed by atoms with E-state index in [1.807, 2.05) is 0 Å². The zero-order valence-electron chi connectivity index (χ0n) is 8.11. The number of nitrogen functional groups attached to an aromatic ring is 1. The van der Waals surface area contributed by atoms with Crippen LogP contribution in [-0.2, 0) is 0 Å². The highest BCUT2D eigenvalue weighted by atomic mass is 32.1. The van der Waals surface area contributed by atoms with Crippen molar-refractivity contribution < 1.29 is 9.18 Å². The predicted molar refractivity (Wildman–Crippen MR) is 60.9 cm³/mol. The van der Waals surface area contributed by atoms with Gasteiger partial charge in [0.2, 0.25) is 0 Å². The SMILES string of the molecule is Nc1ccc(F)c(NC(=O)c2cncs2)c1. The van der Waals surface area contributed by atoms with Crippen LogP contribution >= 0.6 is 11.3 Å². The van der Waals surface area contributed by atoms with Gasteiger partial charge in [-0.3, -0.25) is 9.78 Å². The minimum Gasteiger partial charge on any atom is -0.399 e. The Morgan fingerprint density at radius 1 is 1.50 bits per heavy atom. The maximum atomic E-state index is 13.3. The van der Waals surface area contributed by atoms with Crippen molar-refractivity contribution in [2.24, 2.45) is 0 Å². The van der Waals surface area contributed by atoms with Gasteiger partial charge in [0.1, 0.15) is 10.7 Å². The van der Waals surface area contributed by atoms with Crippen LogP contribution in [0, 0.1) is 5.82 Å². The molecule has 1 aromatic carbocycles. The molecule has 0 aliphatic rings. The summed E-state index contributed by atoms with van der Waals surface area (Å²) < 4.78 is 13.3. The second-order valence-corrected chi connectivity index (χ2v) is 3.95. The van der Waals surface area contributed by atoms with Crippen LogP contribution in [0.15, 0.2) is 29.9 Å². The predicted octanol–water partition coefficient (Wildman–Crippen LogP) is 2.12. The summed E-state index contributed by atoms with van der Waals surface area (Å²) in [7, 11) is 0. The Hall–Kier alpha value is -1.95. The number of aromatic nitrogens is 1. The van der Waals surface area contributed by atoms with Crippen LogP contribution in [0.1, 0.15) is 9.67 Å². The van der Waals surface area contributed by atoms with Crippen LogP contribution < -0.4 is 11.1 Å². The van der Waals surface area contributed by atoms with Crippen molar-refractivity contribution in [3.63, 3.8) is 0 Å². The van der Waals surface area contributed by atoms with Gasteiger partial charge in [0.25, 0.3) is 5.91 Å². The van der Waals surface area contributed by atoms with Gasteiger partial charge < -0.3 is 11.1 Å². The average molecular weight is 237 g/mol. The van der Waals surface area contributed by atoms with Crippen LogP contribution in [0.2, 0.25) is 0 Å². The topological polar surface area (TPSA) is 68.0 Å². The molecule has 0 saturated carbocycles. The second kappa shape index (κ2) is 4.28. The number of nitrogens with two attached hydrogens (primary N) is 1. The fraction of sp³-hybridized carbons (Fsp3) is 0. The summed E-state index contributed by atoms with van der Waals surface area (Å²) in [5.74, 6) is -0.918. The van der Waals surface area contributed by atoms with Gasteiger partial charge in [0, 0.05) is 5.69 Å². The normalized spacial score (nSPS) is 10.1. The molecule has 6 heteroatoms. The fourth-order valence-corrected chi connectivity index (χ4v) is 1.67. The Balaban J connectivity index is 2.21. The van der Waals surface area contributed by atoms with Crippen molar-refractivity contribution >= 4 is 28.6 Å². The summed E-state index contributed by atoms with van der Waals surface area (Å²) in [5, 5.41) is 2.43. The molecule has 1 aromatic heterocycles. The lowest BCUT2D eigenvalue weighted by molar-refractivity contribution is 0.103. The molecule has 0 fully saturated rings. The van der Waals surface area contributed by atoms with E-state index in [4.69, 9.17) is 5.73 Å². The molecule has 4 nitrogen and oxygen atoms in total. The zero-order valence-corrected chi connectivity index (χ0v) is 8.92. The number of nitrogens with zero attached hydrogens (tertiary/aromatic N) is 1. The highest BCUT2D eigenvalue weighted by Crippen LogP contribution is 2.18. The number of hydrogen-bond acceptors (Lipinski definition) is 4. The average Bonchev–Trinajstić information content (AvgIpc) is 2.76. The second-order valence-electron chi connectivity index (χ2n) is 3.06. The molecule has 2 rings (SSSR count). The van der Waals surface area contributed by atoms with E-state index in [2.05, 4.69) is 10.3 Å². The first-order valence-electron chi connectivity index (χ1n) is 4.41. The van der Waals surface area contributed by atoms with Gasteiger partial charge >= 0.3 is 0 Å². The van der Waals surface area contributed by atoms with Gasteiger partial charge in [-0.25, -0.2) is 4.39 Å². The third-order valence-corrected chi connectivity index (χ3v) is 2.67. The van der Waals surface area contributed by atoms with Gasteiger partial charge in [0.15, 0.2) is 0 Å². The lowest BCUT2D eigenvalue weighted by Gasteiger charge is -2.05. The number of carbonyl (C=O) groups is 1. The van der Waals surface area contributed by atoms with Crippen LogP contribution in [0.4, 0.5) is 15.8 Å². The summed E-state index contributed by atoms with van der Waals surface area (Å²) in [4.78, 5) is 15.8. The van der Waals surface area contributed by atoms with E-state index in [0.717, 1.165) is 0 Å². The molecule has 0 unspecified atom stereocenters. The molecular weight excluding hydrogens is 229 g/mol. The van der Waals surface area contributed by atoms with Gasteiger partial charge in [0.05, 0.1) is 17.4 Å². The first-order chi connectivity index (χ1) is 7.66. The lowest BCUT2D eigenvalue weighted by atomic mass is 10.2. The largest absolute Gasteiger partial charge is 0.399 e. The molecule has 0 bridgehead atoms. The van der Waals surface area contributed by atoms with Crippen LogP contribution in [0.5, 0.6) is 0 Å². The van der Waals surface area contributed by atoms with E-state index >= 15 is 0 Å². The molecular formula is C10H8FN3OS. The van der Waals surface area contributed by atoms with Gasteiger partial charge in [-0.15, -0.1) is 11.3 Å². The summed E-state index contributed by atoms with van der Waals surface area (Å²) in [6.07, 6.45) is 1.42. The smallest absolute Gasteiger partial charge is 0.267 e. The van der Waals surface area contributed by atoms with E-state index < -0.39 is 11.7 Å². The summed E-state index contributed by atoms with van der Waals surface area (Å²) in [6.45, 7) is 0. The molecule has 0 aliphatic heterocycles. The number of rotatable bonds is 2. The van der Waals surface area contributed by atoms with Crippen molar-refractivity contribution in [3.8, 4) is 0 Å².